The van der Waals surface area contributed by atoms with Gasteiger partial charge in [-0.2, -0.15) is 0 Å². The van der Waals surface area contributed by atoms with Crippen LogP contribution in [0.1, 0.15) is 12.5 Å². The molecule has 81 valence electrons. The second kappa shape index (κ2) is 7.21. The van der Waals surface area contributed by atoms with Crippen molar-refractivity contribution in [2.24, 2.45) is 0 Å². The summed E-state index contributed by atoms with van der Waals surface area (Å²) in [5, 5.41) is 0. The van der Waals surface area contributed by atoms with E-state index in [0.29, 0.717) is 19.8 Å². The first-order valence-corrected chi connectivity index (χ1v) is 5.00. The lowest BCUT2D eigenvalue weighted by atomic mass is 10.2. The number of hydrogen-bond donors (Lipinski definition) is 0. The second-order valence-electron chi connectivity index (χ2n) is 3.28. The van der Waals surface area contributed by atoms with Crippen molar-refractivity contribution in [1.29, 1.82) is 0 Å². The summed E-state index contributed by atoms with van der Waals surface area (Å²) >= 11 is 0. The van der Waals surface area contributed by atoms with Crippen LogP contribution in [0.4, 0.5) is 0 Å². The van der Waals surface area contributed by atoms with Gasteiger partial charge in [0, 0.05) is 0 Å². The van der Waals surface area contributed by atoms with Gasteiger partial charge < -0.3 is 9.47 Å². The second-order valence-corrected chi connectivity index (χ2v) is 3.28. The maximum atomic E-state index is 5.48. The normalized spacial score (nSPS) is 10.5. The fraction of sp³-hybridized carbons (Fsp3) is 0.308. The van der Waals surface area contributed by atoms with Gasteiger partial charge in [0.25, 0.3) is 0 Å². The molecule has 0 aliphatic rings. The molecule has 1 aromatic rings. The predicted molar refractivity (Wildman–Crippen MR) is 61.2 cm³/mol. The minimum absolute atomic E-state index is 0.530. The molecular weight excluding hydrogens is 188 g/mol. The van der Waals surface area contributed by atoms with E-state index in [1.54, 1.807) is 6.08 Å². The number of hydrogen-bond acceptors (Lipinski definition) is 2. The first-order chi connectivity index (χ1) is 7.33. The van der Waals surface area contributed by atoms with Gasteiger partial charge in [0.05, 0.1) is 19.8 Å². The molecule has 0 heterocycles. The summed E-state index contributed by atoms with van der Waals surface area (Å²) in [4.78, 5) is 0. The van der Waals surface area contributed by atoms with Crippen LogP contribution >= 0.6 is 0 Å². The minimum Gasteiger partial charge on any atom is -0.374 e. The molecule has 2 heteroatoms. The molecule has 0 saturated heterocycles. The third-order valence-corrected chi connectivity index (χ3v) is 1.86. The Labute approximate surface area is 91.5 Å². The molecule has 0 atom stereocenters. The van der Waals surface area contributed by atoms with E-state index in [0.717, 1.165) is 6.10 Å². The SMILES string of the molecule is C=CCO[C](C)COCc1ccccc1. The molecule has 1 rings (SSSR count). The maximum Gasteiger partial charge on any atom is 0.120 e. The standard InChI is InChI=1S/C13H17O2/c1-3-9-15-12(2)10-14-11-13-7-5-4-6-8-13/h3-8H,1,9-11H2,2H3. The molecule has 0 aliphatic heterocycles. The zero-order valence-electron chi connectivity index (χ0n) is 9.11. The molecule has 0 saturated carbocycles. The highest BCUT2D eigenvalue weighted by atomic mass is 16.5. The fourth-order valence-electron chi connectivity index (χ4n) is 1.13. The molecule has 1 radical (unpaired) electrons. The van der Waals surface area contributed by atoms with Crippen molar-refractivity contribution >= 4 is 0 Å². The van der Waals surface area contributed by atoms with E-state index in [-0.39, 0.29) is 0 Å². The third-order valence-electron chi connectivity index (χ3n) is 1.86. The van der Waals surface area contributed by atoms with Gasteiger partial charge in [0.1, 0.15) is 6.10 Å². The number of ether oxygens (including phenoxy) is 2. The first-order valence-electron chi connectivity index (χ1n) is 5.00. The van der Waals surface area contributed by atoms with Gasteiger partial charge in [-0.25, -0.2) is 0 Å². The highest BCUT2D eigenvalue weighted by molar-refractivity contribution is 5.13. The summed E-state index contributed by atoms with van der Waals surface area (Å²) < 4.78 is 10.8. The van der Waals surface area contributed by atoms with Gasteiger partial charge in [-0.15, -0.1) is 6.58 Å². The van der Waals surface area contributed by atoms with Crippen LogP contribution in [0.5, 0.6) is 0 Å². The van der Waals surface area contributed by atoms with Crippen LogP contribution in [0.15, 0.2) is 43.0 Å². The molecule has 0 amide bonds. The van der Waals surface area contributed by atoms with Crippen molar-refractivity contribution < 1.29 is 9.47 Å². The van der Waals surface area contributed by atoms with Crippen LogP contribution in [0, 0.1) is 6.10 Å². The van der Waals surface area contributed by atoms with Gasteiger partial charge in [0.15, 0.2) is 0 Å². The molecule has 0 unspecified atom stereocenters. The molecule has 0 bridgehead atoms. The van der Waals surface area contributed by atoms with Crippen LogP contribution in [-0.2, 0) is 16.1 Å². The maximum absolute atomic E-state index is 5.48. The van der Waals surface area contributed by atoms with Gasteiger partial charge >= 0.3 is 0 Å². The van der Waals surface area contributed by atoms with E-state index in [1.807, 2.05) is 37.3 Å². The fourth-order valence-corrected chi connectivity index (χ4v) is 1.13. The summed E-state index contributed by atoms with van der Waals surface area (Å²) in [5.41, 5.74) is 1.18. The van der Waals surface area contributed by atoms with Crippen molar-refractivity contribution in [3.8, 4) is 0 Å². The predicted octanol–water partition coefficient (Wildman–Crippen LogP) is 2.96. The average Bonchev–Trinajstić information content (AvgIpc) is 2.28. The van der Waals surface area contributed by atoms with Crippen LogP contribution in [0.25, 0.3) is 0 Å². The zero-order chi connectivity index (χ0) is 10.9. The van der Waals surface area contributed by atoms with E-state index in [4.69, 9.17) is 9.47 Å². The van der Waals surface area contributed by atoms with Crippen molar-refractivity contribution in [2.45, 2.75) is 13.5 Å². The van der Waals surface area contributed by atoms with Gasteiger partial charge in [-0.1, -0.05) is 36.4 Å². The van der Waals surface area contributed by atoms with Crippen molar-refractivity contribution in [3.05, 3.63) is 54.7 Å². The lowest BCUT2D eigenvalue weighted by molar-refractivity contribution is 0.0583. The third kappa shape index (κ3) is 5.35. The lowest BCUT2D eigenvalue weighted by Gasteiger charge is -2.10. The Balaban J connectivity index is 2.13. The Morgan fingerprint density at radius 2 is 2.07 bits per heavy atom. The zero-order valence-corrected chi connectivity index (χ0v) is 9.11. The van der Waals surface area contributed by atoms with Gasteiger partial charge in [-0.05, 0) is 12.5 Å². The topological polar surface area (TPSA) is 18.5 Å². The Kier molecular flexibility index (Phi) is 5.74. The van der Waals surface area contributed by atoms with Crippen LogP contribution in [-0.4, -0.2) is 13.2 Å². The van der Waals surface area contributed by atoms with E-state index >= 15 is 0 Å². The highest BCUT2D eigenvalue weighted by Crippen LogP contribution is 2.05. The average molecular weight is 205 g/mol. The van der Waals surface area contributed by atoms with Crippen LogP contribution in [0.2, 0.25) is 0 Å². The van der Waals surface area contributed by atoms with E-state index in [9.17, 15) is 0 Å². The minimum atomic E-state index is 0.530. The summed E-state index contributed by atoms with van der Waals surface area (Å²) in [6, 6.07) is 10.1. The van der Waals surface area contributed by atoms with E-state index in [1.165, 1.54) is 5.56 Å². The quantitative estimate of drug-likeness (QED) is 0.637. The van der Waals surface area contributed by atoms with E-state index in [2.05, 4.69) is 6.58 Å². The summed E-state index contributed by atoms with van der Waals surface area (Å²) in [6.07, 6.45) is 2.60. The number of rotatable bonds is 7. The lowest BCUT2D eigenvalue weighted by Crippen LogP contribution is -2.07. The van der Waals surface area contributed by atoms with Gasteiger partial charge in [-0.3, -0.25) is 0 Å². The van der Waals surface area contributed by atoms with Crippen molar-refractivity contribution in [1.82, 2.24) is 0 Å². The highest BCUT2D eigenvalue weighted by Gasteiger charge is 2.02. The Hall–Kier alpha value is -1.12. The molecule has 1 aromatic carbocycles. The molecule has 0 N–H and O–H groups in total. The van der Waals surface area contributed by atoms with Crippen molar-refractivity contribution in [2.75, 3.05) is 13.2 Å². The molecule has 2 nitrogen and oxygen atoms in total. The molecule has 0 fully saturated rings. The monoisotopic (exact) mass is 205 g/mol. The van der Waals surface area contributed by atoms with E-state index < -0.39 is 0 Å². The van der Waals surface area contributed by atoms with Crippen LogP contribution in [0.3, 0.4) is 0 Å². The summed E-state index contributed by atoms with van der Waals surface area (Å²) in [6.45, 7) is 7.19. The summed E-state index contributed by atoms with van der Waals surface area (Å²) in [5.74, 6) is 0. The molecule has 0 aromatic heterocycles. The number of benzene rings is 1. The van der Waals surface area contributed by atoms with Gasteiger partial charge in [0.2, 0.25) is 0 Å². The van der Waals surface area contributed by atoms with Crippen LogP contribution < -0.4 is 0 Å². The Morgan fingerprint density at radius 1 is 1.33 bits per heavy atom. The first kappa shape index (κ1) is 12.0. The molecule has 15 heavy (non-hydrogen) atoms. The molecule has 0 aliphatic carbocycles. The smallest absolute Gasteiger partial charge is 0.120 e. The largest absolute Gasteiger partial charge is 0.374 e. The molecule has 0 spiro atoms. The van der Waals surface area contributed by atoms with Crippen molar-refractivity contribution in [3.63, 3.8) is 0 Å². The Morgan fingerprint density at radius 3 is 2.73 bits per heavy atom. The Bertz CT molecular complexity index is 269. The summed E-state index contributed by atoms with van der Waals surface area (Å²) in [7, 11) is 0. The molecular formula is C13H17O2.